The Bertz CT molecular complexity index is 1680. The Kier molecular flexibility index (Phi) is 53.9. The zero-order valence-electron chi connectivity index (χ0n) is 54.5. The SMILES string of the molecule is CCC(C)CCCCCCCCCCCCC(=O)O[C@H](COC(=O)CCCCCCCCC(C)C)COP(=O)(O)OC[C@@H](O)COP(=O)(O)OC[C@@H](COC(=O)CCCCCCCCC(C)C)OC(=O)CCCCCCCCCCCC(C)C. The van der Waals surface area contributed by atoms with E-state index in [9.17, 15) is 43.2 Å². The fourth-order valence-corrected chi connectivity index (χ4v) is 11.2. The largest absolute Gasteiger partial charge is 0.472 e. The summed E-state index contributed by atoms with van der Waals surface area (Å²) in [6.07, 6.45) is 35.0. The third kappa shape index (κ3) is 57.8. The van der Waals surface area contributed by atoms with Crippen LogP contribution in [0.4, 0.5) is 0 Å². The van der Waals surface area contributed by atoms with E-state index >= 15 is 0 Å². The number of carbonyl (C=O) groups excluding carboxylic acids is 4. The number of ether oxygens (including phenoxy) is 4. The van der Waals surface area contributed by atoms with Crippen molar-refractivity contribution in [2.24, 2.45) is 23.7 Å². The van der Waals surface area contributed by atoms with Crippen molar-refractivity contribution >= 4 is 39.5 Å². The van der Waals surface area contributed by atoms with Crippen molar-refractivity contribution in [3.05, 3.63) is 0 Å². The summed E-state index contributed by atoms with van der Waals surface area (Å²) >= 11 is 0. The molecule has 0 fully saturated rings. The summed E-state index contributed by atoms with van der Waals surface area (Å²) in [4.78, 5) is 72.2. The molecule has 0 aromatic carbocycles. The van der Waals surface area contributed by atoms with Gasteiger partial charge in [0.1, 0.15) is 19.3 Å². The lowest BCUT2D eigenvalue weighted by Gasteiger charge is -2.21. The van der Waals surface area contributed by atoms with Crippen LogP contribution >= 0.6 is 15.6 Å². The number of esters is 4. The molecule has 0 aromatic rings. The molecule has 84 heavy (non-hydrogen) atoms. The van der Waals surface area contributed by atoms with Crippen molar-refractivity contribution in [1.29, 1.82) is 0 Å². The molecule has 3 N–H and O–H groups in total. The first kappa shape index (κ1) is 82.1. The van der Waals surface area contributed by atoms with E-state index in [4.69, 9.17) is 37.0 Å². The van der Waals surface area contributed by atoms with E-state index in [0.717, 1.165) is 115 Å². The Balaban J connectivity index is 5.24. The molecule has 0 rings (SSSR count). The Hall–Kier alpha value is -1.94. The lowest BCUT2D eigenvalue weighted by molar-refractivity contribution is -0.161. The molecule has 0 radical (unpaired) electrons. The first-order chi connectivity index (χ1) is 40.1. The van der Waals surface area contributed by atoms with Crippen LogP contribution in [0.2, 0.25) is 0 Å². The number of rotatable bonds is 62. The maximum Gasteiger partial charge on any atom is 0.472 e. The summed E-state index contributed by atoms with van der Waals surface area (Å²) in [6, 6.07) is 0. The number of aliphatic hydroxyl groups is 1. The van der Waals surface area contributed by atoms with E-state index < -0.39 is 97.5 Å². The van der Waals surface area contributed by atoms with Gasteiger partial charge in [0.25, 0.3) is 0 Å². The molecule has 6 atom stereocenters. The van der Waals surface area contributed by atoms with Crippen LogP contribution in [0.25, 0.3) is 0 Å². The Morgan fingerprint density at radius 1 is 0.333 bits per heavy atom. The molecule has 0 amide bonds. The predicted octanol–water partition coefficient (Wildman–Crippen LogP) is 17.8. The molecular weight excluding hydrogens is 1110 g/mol. The Morgan fingerprint density at radius 3 is 0.845 bits per heavy atom. The monoisotopic (exact) mass is 1240 g/mol. The first-order valence-corrected chi connectivity index (χ1v) is 36.7. The molecule has 498 valence electrons. The fraction of sp³-hybridized carbons (Fsp3) is 0.938. The third-order valence-corrected chi connectivity index (χ3v) is 17.1. The second kappa shape index (κ2) is 55.2. The summed E-state index contributed by atoms with van der Waals surface area (Å²) in [7, 11) is -9.89. The van der Waals surface area contributed by atoms with Gasteiger partial charge in [-0.05, 0) is 49.4 Å². The standard InChI is InChI=1S/C65H126O17P2/c1-9-58(8)44-36-28-18-14-10-11-15-19-31-39-47-64(69)81-60(51-75-62(67)45-37-29-23-21-26-34-42-56(4)5)53-79-83(71,72)77-49-59(66)50-78-84(73,74)80-54-61(52-76-63(68)46-38-30-24-22-27-35-43-57(6)7)82-65(70)48-40-32-20-16-12-13-17-25-33-41-55(2)3/h55-61,66H,9-54H2,1-8H3,(H,71,72)(H,73,74)/t58?,59-,60-,61-/m1/s1. The van der Waals surface area contributed by atoms with Gasteiger partial charge in [-0.15, -0.1) is 0 Å². The lowest BCUT2D eigenvalue weighted by atomic mass is 9.99. The van der Waals surface area contributed by atoms with Gasteiger partial charge in [-0.1, -0.05) is 261 Å². The third-order valence-electron chi connectivity index (χ3n) is 15.2. The summed E-state index contributed by atoms with van der Waals surface area (Å²) in [5.41, 5.74) is 0. The van der Waals surface area contributed by atoms with Gasteiger partial charge in [-0.3, -0.25) is 37.3 Å². The second-order valence-electron chi connectivity index (χ2n) is 25.2. The highest BCUT2D eigenvalue weighted by Gasteiger charge is 2.30. The van der Waals surface area contributed by atoms with Gasteiger partial charge in [0.2, 0.25) is 0 Å². The van der Waals surface area contributed by atoms with Crippen LogP contribution in [-0.4, -0.2) is 96.7 Å². The summed E-state index contributed by atoms with van der Waals surface area (Å²) in [6.45, 7) is 13.9. The molecule has 0 aliphatic rings. The van der Waals surface area contributed by atoms with Crippen LogP contribution in [0.3, 0.4) is 0 Å². The predicted molar refractivity (Wildman–Crippen MR) is 335 cm³/mol. The summed E-state index contributed by atoms with van der Waals surface area (Å²) in [5, 5.41) is 10.5. The minimum Gasteiger partial charge on any atom is -0.462 e. The molecule has 0 saturated carbocycles. The Labute approximate surface area is 511 Å². The number of hydrogen-bond acceptors (Lipinski definition) is 15. The summed E-state index contributed by atoms with van der Waals surface area (Å²) in [5.74, 6) is 0.758. The summed E-state index contributed by atoms with van der Waals surface area (Å²) < 4.78 is 68.0. The van der Waals surface area contributed by atoms with Gasteiger partial charge in [-0.25, -0.2) is 9.13 Å². The fourth-order valence-electron chi connectivity index (χ4n) is 9.57. The van der Waals surface area contributed by atoms with Crippen LogP contribution < -0.4 is 0 Å². The topological polar surface area (TPSA) is 237 Å². The molecule has 0 saturated heterocycles. The normalized spacial score (nSPS) is 14.7. The molecule has 0 aromatic heterocycles. The molecule has 0 heterocycles. The maximum absolute atomic E-state index is 13.0. The minimum absolute atomic E-state index is 0.103. The first-order valence-electron chi connectivity index (χ1n) is 33.7. The molecule has 3 unspecified atom stereocenters. The molecule has 0 bridgehead atoms. The van der Waals surface area contributed by atoms with Gasteiger partial charge in [0.05, 0.1) is 26.4 Å². The molecule has 0 aliphatic heterocycles. The van der Waals surface area contributed by atoms with Crippen LogP contribution in [0.15, 0.2) is 0 Å². The van der Waals surface area contributed by atoms with Crippen LogP contribution in [-0.2, 0) is 65.4 Å². The van der Waals surface area contributed by atoms with Gasteiger partial charge in [0.15, 0.2) is 12.2 Å². The molecule has 17 nitrogen and oxygen atoms in total. The van der Waals surface area contributed by atoms with Gasteiger partial charge >= 0.3 is 39.5 Å². The van der Waals surface area contributed by atoms with Crippen LogP contribution in [0.5, 0.6) is 0 Å². The van der Waals surface area contributed by atoms with E-state index in [1.807, 2.05) is 0 Å². The highest BCUT2D eigenvalue weighted by molar-refractivity contribution is 7.47. The number of phosphoric acid groups is 2. The van der Waals surface area contributed by atoms with E-state index in [0.29, 0.717) is 37.5 Å². The molecule has 19 heteroatoms. The van der Waals surface area contributed by atoms with Crippen LogP contribution in [0, 0.1) is 23.7 Å². The van der Waals surface area contributed by atoms with Crippen molar-refractivity contribution in [2.75, 3.05) is 39.6 Å². The number of carbonyl (C=O) groups is 4. The second-order valence-corrected chi connectivity index (χ2v) is 28.1. The lowest BCUT2D eigenvalue weighted by Crippen LogP contribution is -2.30. The zero-order valence-corrected chi connectivity index (χ0v) is 56.3. The van der Waals surface area contributed by atoms with E-state index in [1.54, 1.807) is 0 Å². The highest BCUT2D eigenvalue weighted by atomic mass is 31.2. The zero-order chi connectivity index (χ0) is 62.5. The van der Waals surface area contributed by atoms with E-state index in [-0.39, 0.29) is 25.7 Å². The number of phosphoric ester groups is 2. The average Bonchev–Trinajstić information content (AvgIpc) is 3.44. The number of hydrogen-bond donors (Lipinski definition) is 3. The van der Waals surface area contributed by atoms with Crippen molar-refractivity contribution in [2.45, 2.75) is 331 Å². The molecular formula is C65H126O17P2. The highest BCUT2D eigenvalue weighted by Crippen LogP contribution is 2.45. The van der Waals surface area contributed by atoms with Crippen LogP contribution in [0.1, 0.15) is 312 Å². The Morgan fingerprint density at radius 2 is 0.571 bits per heavy atom. The van der Waals surface area contributed by atoms with Crippen molar-refractivity contribution < 1.29 is 80.2 Å². The smallest absolute Gasteiger partial charge is 0.462 e. The van der Waals surface area contributed by atoms with Gasteiger partial charge in [0, 0.05) is 25.7 Å². The number of aliphatic hydroxyl groups excluding tert-OH is 1. The molecule has 0 spiro atoms. The van der Waals surface area contributed by atoms with Gasteiger partial charge < -0.3 is 33.8 Å². The van der Waals surface area contributed by atoms with E-state index in [2.05, 4.69) is 55.4 Å². The number of unbranched alkanes of at least 4 members (excludes halogenated alkanes) is 27. The van der Waals surface area contributed by atoms with Crippen molar-refractivity contribution in [1.82, 2.24) is 0 Å². The average molecular weight is 1240 g/mol. The minimum atomic E-state index is -4.95. The van der Waals surface area contributed by atoms with E-state index in [1.165, 1.54) is 103 Å². The van der Waals surface area contributed by atoms with Crippen molar-refractivity contribution in [3.8, 4) is 0 Å². The maximum atomic E-state index is 13.0. The molecule has 0 aliphatic carbocycles. The van der Waals surface area contributed by atoms with Crippen molar-refractivity contribution in [3.63, 3.8) is 0 Å². The quantitative estimate of drug-likeness (QED) is 0.0222. The van der Waals surface area contributed by atoms with Gasteiger partial charge in [-0.2, -0.15) is 0 Å².